The predicted molar refractivity (Wildman–Crippen MR) is 62.6 cm³/mol. The average Bonchev–Trinajstić information content (AvgIpc) is 2.35. The first kappa shape index (κ1) is 16.6. The molecule has 0 amide bonds. The maximum atomic E-state index is 13.8. The molecule has 0 aliphatic heterocycles. The van der Waals surface area contributed by atoms with Crippen LogP contribution in [0.15, 0.2) is 12.3 Å². The van der Waals surface area contributed by atoms with E-state index in [4.69, 9.17) is 0 Å². The zero-order chi connectivity index (χ0) is 15.3. The first-order valence-corrected chi connectivity index (χ1v) is 5.89. The number of nitrogens with one attached hydrogen (secondary N) is 1. The molecule has 1 heterocycles. The van der Waals surface area contributed by atoms with Gasteiger partial charge in [-0.2, -0.15) is 8.78 Å². The first-order valence-electron chi connectivity index (χ1n) is 5.89. The van der Waals surface area contributed by atoms with Crippen molar-refractivity contribution in [3.63, 3.8) is 0 Å². The number of hydrogen-bond donors (Lipinski definition) is 1. The Labute approximate surface area is 113 Å². The molecule has 1 rings (SSSR count). The molecular weight excluding hydrogens is 283 g/mol. The Morgan fingerprint density at radius 1 is 1.35 bits per heavy atom. The second-order valence-corrected chi connectivity index (χ2v) is 4.48. The maximum Gasteiger partial charge on any atom is 0.340 e. The van der Waals surface area contributed by atoms with E-state index in [0.717, 1.165) is 6.20 Å². The topological polar surface area (TPSA) is 34.2 Å². The van der Waals surface area contributed by atoms with E-state index in [9.17, 15) is 22.0 Å². The van der Waals surface area contributed by atoms with Crippen LogP contribution in [-0.2, 0) is 6.54 Å². The lowest BCUT2D eigenvalue weighted by Crippen LogP contribution is -2.34. The largest absolute Gasteiger partial charge is 0.469 e. The lowest BCUT2D eigenvalue weighted by atomic mass is 10.2. The third-order valence-corrected chi connectivity index (χ3v) is 2.36. The molecule has 20 heavy (non-hydrogen) atoms. The number of hydrogen-bond acceptors (Lipinski definition) is 3. The van der Waals surface area contributed by atoms with E-state index >= 15 is 0 Å². The molecule has 0 saturated heterocycles. The van der Waals surface area contributed by atoms with Gasteiger partial charge in [0, 0.05) is 24.3 Å². The van der Waals surface area contributed by atoms with Crippen molar-refractivity contribution in [1.29, 1.82) is 0 Å². The molecule has 114 valence electrons. The van der Waals surface area contributed by atoms with Crippen LogP contribution < -0.4 is 10.1 Å². The lowest BCUT2D eigenvalue weighted by Gasteiger charge is -2.16. The predicted octanol–water partition coefficient (Wildman–Crippen LogP) is 3.00. The number of rotatable bonds is 7. The van der Waals surface area contributed by atoms with Crippen molar-refractivity contribution in [2.75, 3.05) is 6.61 Å². The van der Waals surface area contributed by atoms with Gasteiger partial charge in [0.25, 0.3) is 5.88 Å². The summed E-state index contributed by atoms with van der Waals surface area (Å²) in [6, 6.07) is 1.44. The van der Waals surface area contributed by atoms with Gasteiger partial charge in [0.2, 0.25) is 0 Å². The molecule has 8 heteroatoms. The van der Waals surface area contributed by atoms with Crippen LogP contribution in [0.5, 0.6) is 5.88 Å². The molecule has 0 atom stereocenters. The highest BCUT2D eigenvalue weighted by molar-refractivity contribution is 5.23. The molecular formula is C12H15F5N2O. The molecule has 0 bridgehead atoms. The highest BCUT2D eigenvalue weighted by atomic mass is 19.3. The van der Waals surface area contributed by atoms with Crippen molar-refractivity contribution in [2.45, 2.75) is 38.8 Å². The van der Waals surface area contributed by atoms with Crippen LogP contribution in [0, 0.1) is 5.82 Å². The Hall–Kier alpha value is -1.44. The summed E-state index contributed by atoms with van der Waals surface area (Å²) in [4.78, 5) is 3.43. The van der Waals surface area contributed by atoms with Gasteiger partial charge in [-0.15, -0.1) is 0 Å². The third-order valence-electron chi connectivity index (χ3n) is 2.36. The summed E-state index contributed by atoms with van der Waals surface area (Å²) in [7, 11) is 0. The minimum absolute atomic E-state index is 0.0927. The summed E-state index contributed by atoms with van der Waals surface area (Å²) < 4.78 is 67.5. The molecule has 0 aromatic carbocycles. The van der Waals surface area contributed by atoms with Gasteiger partial charge in [0.15, 0.2) is 12.4 Å². The van der Waals surface area contributed by atoms with E-state index in [2.05, 4.69) is 15.0 Å². The Bertz CT molecular complexity index is 440. The fraction of sp³-hybridized carbons (Fsp3) is 0.583. The number of alkyl halides is 4. The summed E-state index contributed by atoms with van der Waals surface area (Å²) in [5.41, 5.74) is 0.157. The number of nitrogens with zero attached hydrogens (tertiary/aromatic N) is 1. The zero-order valence-electron chi connectivity index (χ0n) is 11.0. The van der Waals surface area contributed by atoms with Gasteiger partial charge in [-0.25, -0.2) is 18.2 Å². The van der Waals surface area contributed by atoms with Crippen molar-refractivity contribution in [2.24, 2.45) is 0 Å². The van der Waals surface area contributed by atoms with Gasteiger partial charge in [-0.1, -0.05) is 13.8 Å². The molecule has 0 fully saturated rings. The Morgan fingerprint density at radius 3 is 2.55 bits per heavy atom. The van der Waals surface area contributed by atoms with E-state index in [1.165, 1.54) is 6.07 Å². The fourth-order valence-corrected chi connectivity index (χ4v) is 1.24. The molecule has 1 aromatic heterocycles. The van der Waals surface area contributed by atoms with E-state index < -0.39 is 30.7 Å². The highest BCUT2D eigenvalue weighted by Gasteiger charge is 2.42. The SMILES string of the molecule is CC(C)NCc1ccnc(OCC(F)(F)C(F)F)c1F. The van der Waals surface area contributed by atoms with Crippen LogP contribution in [-0.4, -0.2) is 30.0 Å². The van der Waals surface area contributed by atoms with Crippen molar-refractivity contribution in [3.05, 3.63) is 23.6 Å². The monoisotopic (exact) mass is 298 g/mol. The van der Waals surface area contributed by atoms with Crippen LogP contribution in [0.3, 0.4) is 0 Å². The molecule has 0 aliphatic rings. The fourth-order valence-electron chi connectivity index (χ4n) is 1.24. The molecule has 1 aromatic rings. The van der Waals surface area contributed by atoms with Gasteiger partial charge in [-0.3, -0.25) is 0 Å². The minimum Gasteiger partial charge on any atom is -0.469 e. The average molecular weight is 298 g/mol. The van der Waals surface area contributed by atoms with Gasteiger partial charge in [0.05, 0.1) is 0 Å². The molecule has 1 N–H and O–H groups in total. The zero-order valence-corrected chi connectivity index (χ0v) is 11.0. The van der Waals surface area contributed by atoms with Gasteiger partial charge >= 0.3 is 12.3 Å². The van der Waals surface area contributed by atoms with Crippen LogP contribution in [0.2, 0.25) is 0 Å². The Kier molecular flexibility index (Phi) is 5.67. The molecule has 0 spiro atoms. The van der Waals surface area contributed by atoms with Crippen molar-refractivity contribution < 1.29 is 26.7 Å². The summed E-state index contributed by atoms with van der Waals surface area (Å²) >= 11 is 0. The second kappa shape index (κ2) is 6.83. The smallest absolute Gasteiger partial charge is 0.340 e. The van der Waals surface area contributed by atoms with Crippen LogP contribution >= 0.6 is 0 Å². The van der Waals surface area contributed by atoms with Gasteiger partial charge < -0.3 is 10.1 Å². The summed E-state index contributed by atoms with van der Waals surface area (Å²) in [5, 5.41) is 2.93. The maximum absolute atomic E-state index is 13.8. The normalized spacial score (nSPS) is 12.2. The van der Waals surface area contributed by atoms with Crippen molar-refractivity contribution >= 4 is 0 Å². The lowest BCUT2D eigenvalue weighted by molar-refractivity contribution is -0.149. The quantitative estimate of drug-likeness (QED) is 0.786. The Morgan fingerprint density at radius 2 is 2.00 bits per heavy atom. The Balaban J connectivity index is 2.74. The van der Waals surface area contributed by atoms with Crippen molar-refractivity contribution in [1.82, 2.24) is 10.3 Å². The van der Waals surface area contributed by atoms with Crippen molar-refractivity contribution in [3.8, 4) is 5.88 Å². The number of ether oxygens (including phenoxy) is 1. The third kappa shape index (κ3) is 4.59. The van der Waals surface area contributed by atoms with E-state index in [1.807, 2.05) is 13.8 Å². The highest BCUT2D eigenvalue weighted by Crippen LogP contribution is 2.25. The minimum atomic E-state index is -4.35. The number of pyridine rings is 1. The van der Waals surface area contributed by atoms with Crippen LogP contribution in [0.25, 0.3) is 0 Å². The number of aromatic nitrogens is 1. The molecule has 0 saturated carbocycles. The van der Waals surface area contributed by atoms with Gasteiger partial charge in [-0.05, 0) is 6.07 Å². The molecule has 3 nitrogen and oxygen atoms in total. The molecule has 0 aliphatic carbocycles. The van der Waals surface area contributed by atoms with Crippen LogP contribution in [0.1, 0.15) is 19.4 Å². The first-order chi connectivity index (χ1) is 9.24. The summed E-state index contributed by atoms with van der Waals surface area (Å²) in [6.07, 6.45) is -2.72. The summed E-state index contributed by atoms with van der Waals surface area (Å²) in [5.74, 6) is -6.00. The van der Waals surface area contributed by atoms with E-state index in [1.54, 1.807) is 0 Å². The second-order valence-electron chi connectivity index (χ2n) is 4.48. The van der Waals surface area contributed by atoms with Crippen LogP contribution in [0.4, 0.5) is 22.0 Å². The molecule has 0 radical (unpaired) electrons. The summed E-state index contributed by atoms with van der Waals surface area (Å²) in [6.45, 7) is 2.21. The van der Waals surface area contributed by atoms with E-state index in [0.29, 0.717) is 0 Å². The standard InChI is InChI=1S/C12H15F5N2O/c1-7(2)19-5-8-3-4-18-10(9(8)13)20-6-12(16,17)11(14)15/h3-4,7,11,19H,5-6H2,1-2H3. The number of halogens is 5. The van der Waals surface area contributed by atoms with E-state index in [-0.39, 0.29) is 18.2 Å². The van der Waals surface area contributed by atoms with Gasteiger partial charge in [0.1, 0.15) is 0 Å². The molecule has 0 unspecified atom stereocenters.